The highest BCUT2D eigenvalue weighted by atomic mass is 35.5. The maximum absolute atomic E-state index is 13.1. The van der Waals surface area contributed by atoms with Gasteiger partial charge in [0, 0.05) is 11.0 Å². The summed E-state index contributed by atoms with van der Waals surface area (Å²) < 4.78 is 39.2. The molecule has 0 aliphatic heterocycles. The van der Waals surface area contributed by atoms with Crippen LogP contribution in [-0.4, -0.2) is 16.0 Å². The van der Waals surface area contributed by atoms with Crippen LogP contribution in [0.1, 0.15) is 27.0 Å². The number of benzene rings is 3. The van der Waals surface area contributed by atoms with Crippen molar-refractivity contribution in [3.05, 3.63) is 97.0 Å². The van der Waals surface area contributed by atoms with E-state index >= 15 is 0 Å². The second-order valence-corrected chi connectivity index (χ2v) is 8.52. The molecule has 3 aromatic rings. The van der Waals surface area contributed by atoms with Crippen molar-refractivity contribution >= 4 is 46.6 Å². The van der Waals surface area contributed by atoms with Gasteiger partial charge in [-0.05, 0) is 60.0 Å². The van der Waals surface area contributed by atoms with E-state index in [2.05, 4.69) is 0 Å². The minimum atomic E-state index is -4.65. The predicted molar refractivity (Wildman–Crippen MR) is 115 cm³/mol. The van der Waals surface area contributed by atoms with Gasteiger partial charge >= 0.3 is 12.1 Å². The van der Waals surface area contributed by atoms with Gasteiger partial charge in [0.15, 0.2) is 0 Å². The molecule has 0 fully saturated rings. The molecule has 0 saturated heterocycles. The van der Waals surface area contributed by atoms with E-state index in [4.69, 9.17) is 23.2 Å². The third-order valence-electron chi connectivity index (χ3n) is 4.40. The van der Waals surface area contributed by atoms with Crippen molar-refractivity contribution in [2.75, 3.05) is 0 Å². The van der Waals surface area contributed by atoms with Crippen molar-refractivity contribution in [1.82, 2.24) is 0 Å². The maximum atomic E-state index is 13.1. The van der Waals surface area contributed by atoms with Crippen LogP contribution in [0.3, 0.4) is 0 Å². The smallest absolute Gasteiger partial charge is 0.416 e. The van der Waals surface area contributed by atoms with Crippen molar-refractivity contribution in [1.29, 1.82) is 0 Å². The number of hydrogen-bond acceptors (Lipinski definition) is 4. The fourth-order valence-corrected chi connectivity index (χ4v) is 4.22. The Morgan fingerprint density at radius 3 is 2.34 bits per heavy atom. The summed E-state index contributed by atoms with van der Waals surface area (Å²) in [6.45, 7) is 0. The Bertz CT molecular complexity index is 1220. The lowest BCUT2D eigenvalue weighted by Crippen LogP contribution is -2.10. The third kappa shape index (κ3) is 5.53. The predicted octanol–water partition coefficient (Wildman–Crippen LogP) is 7.36. The highest BCUT2D eigenvalue weighted by Crippen LogP contribution is 2.38. The van der Waals surface area contributed by atoms with Gasteiger partial charge in [0.2, 0.25) is 0 Å². The zero-order valence-electron chi connectivity index (χ0n) is 15.8. The Kier molecular flexibility index (Phi) is 7.02. The normalized spacial score (nSPS) is 11.4. The van der Waals surface area contributed by atoms with Crippen molar-refractivity contribution in [3.8, 4) is 0 Å². The second-order valence-electron chi connectivity index (χ2n) is 6.59. The monoisotopic (exact) mass is 501 g/mol. The van der Waals surface area contributed by atoms with Gasteiger partial charge in [-0.15, -0.1) is 0 Å². The molecule has 0 bridgehead atoms. The van der Waals surface area contributed by atoms with Gasteiger partial charge in [-0.25, -0.2) is 4.79 Å². The molecule has 0 unspecified atom stereocenters. The largest absolute Gasteiger partial charge is 0.478 e. The van der Waals surface area contributed by atoms with Crippen molar-refractivity contribution in [2.24, 2.45) is 0 Å². The van der Waals surface area contributed by atoms with Crippen LogP contribution in [0, 0.1) is 10.1 Å². The van der Waals surface area contributed by atoms with Crippen molar-refractivity contribution in [2.45, 2.75) is 22.4 Å². The van der Waals surface area contributed by atoms with Crippen LogP contribution in [0.4, 0.5) is 18.9 Å². The molecule has 0 spiro atoms. The Hall–Kier alpha value is -2.75. The van der Waals surface area contributed by atoms with Crippen molar-refractivity contribution < 1.29 is 28.0 Å². The number of carbonyl (C=O) groups is 1. The van der Waals surface area contributed by atoms with E-state index in [0.29, 0.717) is 16.0 Å². The third-order valence-corrected chi connectivity index (χ3v) is 6.19. The molecule has 0 radical (unpaired) electrons. The molecule has 0 heterocycles. The average molecular weight is 502 g/mol. The quantitative estimate of drug-likeness (QED) is 0.281. The number of carboxylic acid groups (broad SMARTS) is 1. The summed E-state index contributed by atoms with van der Waals surface area (Å²) in [4.78, 5) is 23.3. The SMILES string of the molecule is O=C(O)c1ccc(C(F)(F)F)cc1Cc1ccc(Sc2ccc(Cl)c(Cl)c2)c([N+](=O)[O-])c1. The first-order valence-corrected chi connectivity index (χ1v) is 10.4. The summed E-state index contributed by atoms with van der Waals surface area (Å²) >= 11 is 12.9. The molecule has 0 atom stereocenters. The maximum Gasteiger partial charge on any atom is 0.416 e. The van der Waals surface area contributed by atoms with Crippen LogP contribution in [-0.2, 0) is 12.6 Å². The fourth-order valence-electron chi connectivity index (χ4n) is 2.91. The van der Waals surface area contributed by atoms with Crippen LogP contribution in [0.25, 0.3) is 0 Å². The minimum absolute atomic E-state index is 0.105. The lowest BCUT2D eigenvalue weighted by molar-refractivity contribution is -0.387. The topological polar surface area (TPSA) is 80.4 Å². The number of nitrogens with zero attached hydrogens (tertiary/aromatic N) is 1. The fraction of sp³-hybridized carbons (Fsp3) is 0.0952. The Morgan fingerprint density at radius 2 is 1.75 bits per heavy atom. The lowest BCUT2D eigenvalue weighted by atomic mass is 9.97. The second kappa shape index (κ2) is 9.40. The summed E-state index contributed by atoms with van der Waals surface area (Å²) in [6, 6.07) is 11.2. The zero-order valence-corrected chi connectivity index (χ0v) is 18.1. The van der Waals surface area contributed by atoms with E-state index in [9.17, 15) is 33.2 Å². The number of nitro groups is 1. The molecule has 11 heteroatoms. The van der Waals surface area contributed by atoms with Gasteiger partial charge in [-0.1, -0.05) is 41.0 Å². The van der Waals surface area contributed by atoms with Gasteiger partial charge in [0.05, 0.1) is 31.0 Å². The standard InChI is InChI=1S/C21H12Cl2F3NO4S/c22-16-5-3-14(10-17(16)23)32-19-6-1-11(8-18(19)27(30)31)7-12-9-13(21(24,25)26)2-4-15(12)20(28)29/h1-6,8-10H,7H2,(H,28,29). The van der Waals surface area contributed by atoms with E-state index in [-0.39, 0.29) is 38.7 Å². The summed E-state index contributed by atoms with van der Waals surface area (Å²) in [5.74, 6) is -1.39. The molecule has 0 aliphatic carbocycles. The van der Waals surface area contributed by atoms with Gasteiger partial charge < -0.3 is 5.11 Å². The molecular weight excluding hydrogens is 490 g/mol. The van der Waals surface area contributed by atoms with Crippen LogP contribution in [0.5, 0.6) is 0 Å². The molecule has 0 amide bonds. The minimum Gasteiger partial charge on any atom is -0.478 e. The van der Waals surface area contributed by atoms with Gasteiger partial charge in [-0.3, -0.25) is 10.1 Å². The number of halogens is 5. The van der Waals surface area contributed by atoms with E-state index < -0.39 is 22.6 Å². The summed E-state index contributed by atoms with van der Waals surface area (Å²) in [5.41, 5.74) is -1.40. The number of rotatable bonds is 6. The first-order valence-electron chi connectivity index (χ1n) is 8.79. The molecular formula is C21H12Cl2F3NO4S. The Balaban J connectivity index is 1.98. The molecule has 3 aromatic carbocycles. The van der Waals surface area contributed by atoms with Crippen LogP contribution in [0.15, 0.2) is 64.4 Å². The van der Waals surface area contributed by atoms with Gasteiger partial charge in [0.25, 0.3) is 5.69 Å². The first kappa shape index (κ1) is 23.9. The molecule has 0 aromatic heterocycles. The molecule has 166 valence electrons. The van der Waals surface area contributed by atoms with E-state index in [0.717, 1.165) is 23.9 Å². The van der Waals surface area contributed by atoms with Crippen LogP contribution >= 0.6 is 35.0 Å². The summed E-state index contributed by atoms with van der Waals surface area (Å²) in [6.07, 6.45) is -4.89. The van der Waals surface area contributed by atoms with Crippen molar-refractivity contribution in [3.63, 3.8) is 0 Å². The molecule has 3 rings (SSSR count). The van der Waals surface area contributed by atoms with E-state index in [1.54, 1.807) is 18.2 Å². The Labute approximate surface area is 193 Å². The summed E-state index contributed by atoms with van der Waals surface area (Å²) in [5, 5.41) is 21.5. The molecule has 0 saturated carbocycles. The zero-order chi connectivity index (χ0) is 23.6. The highest BCUT2D eigenvalue weighted by Gasteiger charge is 2.31. The molecule has 32 heavy (non-hydrogen) atoms. The van der Waals surface area contributed by atoms with E-state index in [1.807, 2.05) is 0 Å². The highest BCUT2D eigenvalue weighted by molar-refractivity contribution is 7.99. The first-order chi connectivity index (χ1) is 15.0. The van der Waals surface area contributed by atoms with Crippen LogP contribution < -0.4 is 0 Å². The van der Waals surface area contributed by atoms with Gasteiger partial charge in [-0.2, -0.15) is 13.2 Å². The summed E-state index contributed by atoms with van der Waals surface area (Å²) in [7, 11) is 0. The molecule has 1 N–H and O–H groups in total. The number of nitro benzene ring substituents is 1. The Morgan fingerprint density at radius 1 is 1.03 bits per heavy atom. The number of hydrogen-bond donors (Lipinski definition) is 1. The number of carboxylic acids is 1. The number of alkyl halides is 3. The van der Waals surface area contributed by atoms with Crippen LogP contribution in [0.2, 0.25) is 10.0 Å². The lowest BCUT2D eigenvalue weighted by Gasteiger charge is -2.12. The number of aromatic carboxylic acids is 1. The van der Waals surface area contributed by atoms with E-state index in [1.165, 1.54) is 18.2 Å². The molecule has 5 nitrogen and oxygen atoms in total. The molecule has 0 aliphatic rings. The average Bonchev–Trinajstić information content (AvgIpc) is 2.70. The van der Waals surface area contributed by atoms with Gasteiger partial charge in [0.1, 0.15) is 0 Å².